The van der Waals surface area contributed by atoms with Gasteiger partial charge in [0.25, 0.3) is 0 Å². The summed E-state index contributed by atoms with van der Waals surface area (Å²) in [6.07, 6.45) is 7.98. The average molecular weight is 498 g/mol. The number of hydrogen-bond donors (Lipinski definition) is 0. The van der Waals surface area contributed by atoms with Crippen molar-refractivity contribution in [2.45, 2.75) is 64.1 Å². The number of rotatable bonds is 6. The first-order chi connectivity index (χ1) is 16.9. The zero-order valence-electron chi connectivity index (χ0n) is 20.3. The number of ether oxygens (including phenoxy) is 2. The quantitative estimate of drug-likeness (QED) is 0.424. The van der Waals surface area contributed by atoms with Gasteiger partial charge in [-0.2, -0.15) is 4.36 Å². The van der Waals surface area contributed by atoms with Crippen LogP contribution in [0.15, 0.2) is 41.0 Å². The third-order valence-corrected chi connectivity index (χ3v) is 9.48. The molecule has 0 unspecified atom stereocenters. The molecular weight excluding hydrogens is 465 g/mol. The summed E-state index contributed by atoms with van der Waals surface area (Å²) in [6, 6.07) is 8.59. The van der Waals surface area contributed by atoms with Gasteiger partial charge in [0.2, 0.25) is 0 Å². The van der Waals surface area contributed by atoms with Crippen molar-refractivity contribution in [1.82, 2.24) is 9.97 Å². The Morgan fingerprint density at radius 2 is 1.80 bits per heavy atom. The molecule has 3 aromatic rings. The lowest BCUT2D eigenvalue weighted by atomic mass is 9.94. The molecule has 1 aliphatic carbocycles. The molecule has 2 fully saturated rings. The minimum absolute atomic E-state index is 0.0486. The Morgan fingerprint density at radius 1 is 1.06 bits per heavy atom. The van der Waals surface area contributed by atoms with E-state index in [1.165, 1.54) is 12.1 Å². The number of fused-ring (bicyclic) bond motifs is 1. The van der Waals surface area contributed by atoms with Gasteiger partial charge in [-0.1, -0.05) is 6.07 Å². The lowest BCUT2D eigenvalue weighted by Gasteiger charge is -2.28. The van der Waals surface area contributed by atoms with E-state index in [0.29, 0.717) is 29.4 Å². The van der Waals surface area contributed by atoms with Crippen molar-refractivity contribution in [1.29, 1.82) is 0 Å². The fourth-order valence-corrected chi connectivity index (χ4v) is 7.40. The Bertz CT molecular complexity index is 1330. The predicted octanol–water partition coefficient (Wildman–Crippen LogP) is 5.90. The number of nitrogens with zero attached hydrogens (tertiary/aromatic N) is 3. The lowest BCUT2D eigenvalue weighted by molar-refractivity contribution is 0.0324. The summed E-state index contributed by atoms with van der Waals surface area (Å²) in [7, 11) is -0.412. The standard InChI is InChI=1S/C27H32FN3O3S/c1-18-13-21(31-35(32)11-3-4-12-35)16-25-27(18)24(29-17-30-25)14-19-5-6-20(28)15-26(19)34-23-9-7-22(33-2)8-10-23/h5-6,13,15-17,22-23H,3-4,7-12,14H2,1-2H3. The first-order valence-corrected chi connectivity index (χ1v) is 14.2. The number of aryl methyl sites for hydroxylation is 1. The van der Waals surface area contributed by atoms with E-state index in [9.17, 15) is 8.60 Å². The molecule has 1 aromatic heterocycles. The highest BCUT2D eigenvalue weighted by atomic mass is 32.2. The van der Waals surface area contributed by atoms with E-state index in [1.807, 2.05) is 19.1 Å². The highest BCUT2D eigenvalue weighted by Gasteiger charge is 2.23. The van der Waals surface area contributed by atoms with Crippen molar-refractivity contribution in [2.75, 3.05) is 18.6 Å². The number of halogens is 1. The zero-order valence-corrected chi connectivity index (χ0v) is 21.2. The van der Waals surface area contributed by atoms with Gasteiger partial charge >= 0.3 is 0 Å². The van der Waals surface area contributed by atoms with Crippen LogP contribution in [0.3, 0.4) is 0 Å². The van der Waals surface area contributed by atoms with Gasteiger partial charge in [0.15, 0.2) is 0 Å². The van der Waals surface area contributed by atoms with Crippen LogP contribution in [-0.2, 0) is 20.9 Å². The maximum atomic E-state index is 14.2. The fraction of sp³-hybridized carbons (Fsp3) is 0.481. The summed E-state index contributed by atoms with van der Waals surface area (Å²) < 4.78 is 43.4. The van der Waals surface area contributed by atoms with Crippen LogP contribution < -0.4 is 4.74 Å². The highest BCUT2D eigenvalue weighted by Crippen LogP contribution is 2.32. The first kappa shape index (κ1) is 24.1. The normalized spacial score (nSPS) is 21.8. The molecule has 2 heterocycles. The van der Waals surface area contributed by atoms with Crippen LogP contribution in [0.1, 0.15) is 55.3 Å². The van der Waals surface area contributed by atoms with Gasteiger partial charge in [-0.25, -0.2) is 18.6 Å². The van der Waals surface area contributed by atoms with E-state index in [0.717, 1.165) is 66.2 Å². The van der Waals surface area contributed by atoms with E-state index >= 15 is 0 Å². The van der Waals surface area contributed by atoms with Crippen molar-refractivity contribution in [3.05, 3.63) is 59.3 Å². The molecule has 2 aliphatic rings. The van der Waals surface area contributed by atoms with Crippen molar-refractivity contribution >= 4 is 26.3 Å². The summed E-state index contributed by atoms with van der Waals surface area (Å²) >= 11 is 0. The molecule has 0 spiro atoms. The molecule has 1 saturated heterocycles. The highest BCUT2D eigenvalue weighted by molar-refractivity contribution is 7.93. The Kier molecular flexibility index (Phi) is 7.02. The topological polar surface area (TPSA) is 73.7 Å². The molecule has 0 amide bonds. The second-order valence-corrected chi connectivity index (χ2v) is 12.2. The zero-order chi connectivity index (χ0) is 24.4. The fourth-order valence-electron chi connectivity index (χ4n) is 5.21. The molecule has 6 nitrogen and oxygen atoms in total. The van der Waals surface area contributed by atoms with Crippen LogP contribution in [-0.4, -0.2) is 45.0 Å². The predicted molar refractivity (Wildman–Crippen MR) is 136 cm³/mol. The van der Waals surface area contributed by atoms with E-state index in [1.54, 1.807) is 19.5 Å². The lowest BCUT2D eigenvalue weighted by Crippen LogP contribution is -2.28. The van der Waals surface area contributed by atoms with Crippen LogP contribution in [0.2, 0.25) is 0 Å². The van der Waals surface area contributed by atoms with Crippen molar-refractivity contribution in [2.24, 2.45) is 4.36 Å². The molecule has 1 aliphatic heterocycles. The van der Waals surface area contributed by atoms with E-state index in [2.05, 4.69) is 14.3 Å². The SMILES string of the molecule is COC1CCC(Oc2cc(F)ccc2Cc2ncnc3cc(N=S4(=O)CCCC4)cc(C)c23)CC1. The minimum Gasteiger partial charge on any atom is -0.490 e. The smallest absolute Gasteiger partial charge is 0.126 e. The summed E-state index contributed by atoms with van der Waals surface area (Å²) in [6.45, 7) is 2.01. The molecule has 0 atom stereocenters. The average Bonchev–Trinajstić information content (AvgIpc) is 3.27. The van der Waals surface area contributed by atoms with Gasteiger partial charge in [-0.3, -0.25) is 0 Å². The van der Waals surface area contributed by atoms with Crippen LogP contribution in [0.25, 0.3) is 10.9 Å². The Labute approximate surface area is 206 Å². The molecule has 5 rings (SSSR count). The maximum absolute atomic E-state index is 14.2. The van der Waals surface area contributed by atoms with Gasteiger partial charge in [-0.15, -0.1) is 0 Å². The second kappa shape index (κ2) is 10.2. The summed E-state index contributed by atoms with van der Waals surface area (Å²) in [5.74, 6) is 1.59. The van der Waals surface area contributed by atoms with E-state index in [4.69, 9.17) is 9.47 Å². The molecule has 8 heteroatoms. The second-order valence-electron chi connectivity index (χ2n) is 9.64. The molecule has 1 saturated carbocycles. The van der Waals surface area contributed by atoms with Gasteiger partial charge < -0.3 is 9.47 Å². The first-order valence-electron chi connectivity index (χ1n) is 12.4. The van der Waals surface area contributed by atoms with E-state index in [-0.39, 0.29) is 18.0 Å². The summed E-state index contributed by atoms with van der Waals surface area (Å²) in [5, 5.41) is 0.948. The minimum atomic E-state index is -2.16. The van der Waals surface area contributed by atoms with Crippen LogP contribution in [0, 0.1) is 12.7 Å². The Hall–Kier alpha value is -2.58. The van der Waals surface area contributed by atoms with Crippen molar-refractivity contribution < 1.29 is 18.1 Å². The van der Waals surface area contributed by atoms with Crippen LogP contribution in [0.4, 0.5) is 10.1 Å². The summed E-state index contributed by atoms with van der Waals surface area (Å²) in [5.41, 5.74) is 4.22. The molecule has 0 bridgehead atoms. The number of benzene rings is 2. The van der Waals surface area contributed by atoms with Gasteiger partial charge in [0.1, 0.15) is 17.9 Å². The van der Waals surface area contributed by atoms with Gasteiger partial charge in [0.05, 0.1) is 38.8 Å². The van der Waals surface area contributed by atoms with Crippen molar-refractivity contribution in [3.63, 3.8) is 0 Å². The third-order valence-electron chi connectivity index (χ3n) is 7.08. The van der Waals surface area contributed by atoms with Crippen molar-refractivity contribution in [3.8, 4) is 5.75 Å². The van der Waals surface area contributed by atoms with Crippen LogP contribution in [0.5, 0.6) is 5.75 Å². The Morgan fingerprint density at radius 3 is 2.54 bits per heavy atom. The number of methoxy groups -OCH3 is 1. The van der Waals surface area contributed by atoms with Crippen LogP contribution >= 0.6 is 0 Å². The Balaban J connectivity index is 1.44. The largest absolute Gasteiger partial charge is 0.490 e. The summed E-state index contributed by atoms with van der Waals surface area (Å²) in [4.78, 5) is 9.06. The maximum Gasteiger partial charge on any atom is 0.126 e. The van der Waals surface area contributed by atoms with E-state index < -0.39 is 9.73 Å². The third kappa shape index (κ3) is 5.48. The molecule has 0 radical (unpaired) electrons. The molecule has 0 N–H and O–H groups in total. The molecular formula is C27H32FN3O3S. The van der Waals surface area contributed by atoms with Gasteiger partial charge in [0, 0.05) is 42.1 Å². The molecule has 2 aromatic carbocycles. The monoisotopic (exact) mass is 497 g/mol. The van der Waals surface area contributed by atoms with Gasteiger partial charge in [-0.05, 0) is 69.2 Å². The number of aromatic nitrogens is 2. The number of hydrogen-bond acceptors (Lipinski definition) is 6. The molecule has 186 valence electrons. The molecule has 35 heavy (non-hydrogen) atoms.